The first-order chi connectivity index (χ1) is 9.55. The minimum atomic E-state index is -3.56. The molecule has 2 heterocycles. The molecule has 112 valence electrons. The molecule has 1 atom stereocenters. The second-order valence-corrected chi connectivity index (χ2v) is 6.78. The summed E-state index contributed by atoms with van der Waals surface area (Å²) in [6, 6.07) is 2.98. The third-order valence-electron chi connectivity index (χ3n) is 3.63. The SMILES string of the molecule is CCN1CCC(CNS(=O)(=O)c2ccc(CO)cn2)C1. The minimum Gasteiger partial charge on any atom is -0.392 e. The topological polar surface area (TPSA) is 82.5 Å². The van der Waals surface area contributed by atoms with Crippen molar-refractivity contribution in [2.75, 3.05) is 26.2 Å². The molecule has 2 rings (SSSR count). The van der Waals surface area contributed by atoms with Gasteiger partial charge in [-0.2, -0.15) is 0 Å². The zero-order valence-corrected chi connectivity index (χ0v) is 12.4. The Hall–Kier alpha value is -1.02. The van der Waals surface area contributed by atoms with Gasteiger partial charge in [-0.15, -0.1) is 0 Å². The predicted octanol–water partition coefficient (Wildman–Crippen LogP) is 0.194. The first kappa shape index (κ1) is 15.4. The molecule has 2 N–H and O–H groups in total. The monoisotopic (exact) mass is 299 g/mol. The van der Waals surface area contributed by atoms with E-state index in [9.17, 15) is 8.42 Å². The van der Waals surface area contributed by atoms with E-state index in [1.165, 1.54) is 12.3 Å². The van der Waals surface area contributed by atoms with Crippen LogP contribution >= 0.6 is 0 Å². The summed E-state index contributed by atoms with van der Waals surface area (Å²) in [6.07, 6.45) is 2.40. The zero-order chi connectivity index (χ0) is 14.6. The number of aliphatic hydroxyl groups is 1. The molecule has 1 aliphatic rings. The minimum absolute atomic E-state index is 0.0000413. The molecule has 1 aromatic rings. The number of likely N-dealkylation sites (tertiary alicyclic amines) is 1. The fraction of sp³-hybridized carbons (Fsp3) is 0.615. The van der Waals surface area contributed by atoms with E-state index in [4.69, 9.17) is 5.11 Å². The molecule has 0 bridgehead atoms. The predicted molar refractivity (Wildman–Crippen MR) is 75.6 cm³/mol. The summed E-state index contributed by atoms with van der Waals surface area (Å²) in [5.41, 5.74) is 0.596. The van der Waals surface area contributed by atoms with Gasteiger partial charge in [-0.3, -0.25) is 0 Å². The fourth-order valence-electron chi connectivity index (χ4n) is 2.33. The third kappa shape index (κ3) is 3.76. The molecule has 20 heavy (non-hydrogen) atoms. The van der Waals surface area contributed by atoms with Crippen LogP contribution in [0.3, 0.4) is 0 Å². The quantitative estimate of drug-likeness (QED) is 0.784. The molecule has 0 aliphatic carbocycles. The molecule has 1 aliphatic heterocycles. The van der Waals surface area contributed by atoms with Crippen LogP contribution in [0.15, 0.2) is 23.4 Å². The highest BCUT2D eigenvalue weighted by Crippen LogP contribution is 2.15. The van der Waals surface area contributed by atoms with Crippen molar-refractivity contribution in [1.29, 1.82) is 0 Å². The summed E-state index contributed by atoms with van der Waals surface area (Å²) in [5, 5.41) is 8.92. The van der Waals surface area contributed by atoms with Crippen molar-refractivity contribution in [1.82, 2.24) is 14.6 Å². The number of sulfonamides is 1. The average molecular weight is 299 g/mol. The highest BCUT2D eigenvalue weighted by molar-refractivity contribution is 7.89. The van der Waals surface area contributed by atoms with Crippen LogP contribution in [-0.2, 0) is 16.6 Å². The molecule has 0 saturated carbocycles. The van der Waals surface area contributed by atoms with E-state index < -0.39 is 10.0 Å². The molecule has 0 amide bonds. The maximum Gasteiger partial charge on any atom is 0.258 e. The zero-order valence-electron chi connectivity index (χ0n) is 11.6. The van der Waals surface area contributed by atoms with Gasteiger partial charge < -0.3 is 10.0 Å². The molecule has 1 unspecified atom stereocenters. The third-order valence-corrected chi connectivity index (χ3v) is 4.97. The Morgan fingerprint density at radius 2 is 2.30 bits per heavy atom. The van der Waals surface area contributed by atoms with Crippen molar-refractivity contribution in [3.63, 3.8) is 0 Å². The van der Waals surface area contributed by atoms with Crippen LogP contribution in [0.5, 0.6) is 0 Å². The van der Waals surface area contributed by atoms with Crippen molar-refractivity contribution in [3.8, 4) is 0 Å². The number of hydrogen-bond donors (Lipinski definition) is 2. The molecule has 0 radical (unpaired) electrons. The van der Waals surface area contributed by atoms with E-state index in [-0.39, 0.29) is 11.6 Å². The summed E-state index contributed by atoms with van der Waals surface area (Å²) in [7, 11) is -3.56. The van der Waals surface area contributed by atoms with Crippen molar-refractivity contribution in [2.24, 2.45) is 5.92 Å². The van der Waals surface area contributed by atoms with Gasteiger partial charge in [-0.25, -0.2) is 18.1 Å². The number of aliphatic hydroxyl groups excluding tert-OH is 1. The van der Waals surface area contributed by atoms with Gasteiger partial charge >= 0.3 is 0 Å². The van der Waals surface area contributed by atoms with Crippen LogP contribution in [0, 0.1) is 5.92 Å². The Balaban J connectivity index is 1.93. The largest absolute Gasteiger partial charge is 0.392 e. The van der Waals surface area contributed by atoms with E-state index >= 15 is 0 Å². The Bertz CT molecular complexity index is 530. The molecule has 0 aromatic carbocycles. The van der Waals surface area contributed by atoms with Crippen LogP contribution < -0.4 is 4.72 Å². The molecule has 6 nitrogen and oxygen atoms in total. The molecular weight excluding hydrogens is 278 g/mol. The van der Waals surface area contributed by atoms with Crippen LogP contribution in [0.2, 0.25) is 0 Å². The first-order valence-corrected chi connectivity index (χ1v) is 8.31. The van der Waals surface area contributed by atoms with Crippen LogP contribution in [0.4, 0.5) is 0 Å². The molecule has 1 aromatic heterocycles. The second kappa shape index (κ2) is 6.62. The summed E-state index contributed by atoms with van der Waals surface area (Å²) in [4.78, 5) is 6.19. The summed E-state index contributed by atoms with van der Waals surface area (Å²) in [6.45, 7) is 5.40. The number of pyridine rings is 1. The maximum atomic E-state index is 12.1. The molecule has 0 spiro atoms. The van der Waals surface area contributed by atoms with Crippen LogP contribution in [-0.4, -0.2) is 49.6 Å². The van der Waals surface area contributed by atoms with Gasteiger partial charge in [0.25, 0.3) is 10.0 Å². The Kier molecular flexibility index (Phi) is 5.09. The number of hydrogen-bond acceptors (Lipinski definition) is 5. The van der Waals surface area contributed by atoms with Gasteiger partial charge in [0.05, 0.1) is 6.61 Å². The van der Waals surface area contributed by atoms with Gasteiger partial charge in [0, 0.05) is 19.3 Å². The Labute approximate surface area is 119 Å². The molecular formula is C13H21N3O3S. The van der Waals surface area contributed by atoms with Crippen molar-refractivity contribution < 1.29 is 13.5 Å². The van der Waals surface area contributed by atoms with Gasteiger partial charge in [0.1, 0.15) is 0 Å². The summed E-state index contributed by atoms with van der Waals surface area (Å²) < 4.78 is 26.8. The smallest absolute Gasteiger partial charge is 0.258 e. The molecule has 1 saturated heterocycles. The van der Waals surface area contributed by atoms with Gasteiger partial charge in [-0.1, -0.05) is 13.0 Å². The van der Waals surface area contributed by atoms with E-state index in [1.807, 2.05) is 0 Å². The number of nitrogens with zero attached hydrogens (tertiary/aromatic N) is 2. The standard InChI is InChI=1S/C13H21N3O3S/c1-2-16-6-5-11(9-16)8-15-20(18,19)13-4-3-12(10-17)7-14-13/h3-4,7,11,15,17H,2,5-6,8-10H2,1H3. The molecule has 7 heteroatoms. The van der Waals surface area contributed by atoms with Crippen molar-refractivity contribution >= 4 is 10.0 Å². The number of rotatable bonds is 6. The number of aromatic nitrogens is 1. The Morgan fingerprint density at radius 3 is 2.85 bits per heavy atom. The highest BCUT2D eigenvalue weighted by Gasteiger charge is 2.23. The fourth-order valence-corrected chi connectivity index (χ4v) is 3.37. The van der Waals surface area contributed by atoms with Crippen molar-refractivity contribution in [2.45, 2.75) is 25.0 Å². The van der Waals surface area contributed by atoms with E-state index in [0.717, 1.165) is 26.1 Å². The number of nitrogens with one attached hydrogen (secondary N) is 1. The normalized spacial score (nSPS) is 20.4. The second-order valence-electron chi connectivity index (χ2n) is 5.06. The van der Waals surface area contributed by atoms with Gasteiger partial charge in [0.2, 0.25) is 0 Å². The van der Waals surface area contributed by atoms with E-state index in [1.54, 1.807) is 6.07 Å². The lowest BCUT2D eigenvalue weighted by Crippen LogP contribution is -2.31. The lowest BCUT2D eigenvalue weighted by Gasteiger charge is -2.13. The van der Waals surface area contributed by atoms with Gasteiger partial charge in [0.15, 0.2) is 5.03 Å². The van der Waals surface area contributed by atoms with Gasteiger partial charge in [-0.05, 0) is 37.1 Å². The van der Waals surface area contributed by atoms with Crippen LogP contribution in [0.1, 0.15) is 18.9 Å². The summed E-state index contributed by atoms with van der Waals surface area (Å²) >= 11 is 0. The maximum absolute atomic E-state index is 12.1. The average Bonchev–Trinajstić information content (AvgIpc) is 2.93. The lowest BCUT2D eigenvalue weighted by atomic mass is 10.1. The molecule has 1 fully saturated rings. The van der Waals surface area contributed by atoms with E-state index in [0.29, 0.717) is 18.0 Å². The Morgan fingerprint density at radius 1 is 1.50 bits per heavy atom. The van der Waals surface area contributed by atoms with Crippen molar-refractivity contribution in [3.05, 3.63) is 23.9 Å². The highest BCUT2D eigenvalue weighted by atomic mass is 32.2. The van der Waals surface area contributed by atoms with E-state index in [2.05, 4.69) is 21.5 Å². The lowest BCUT2D eigenvalue weighted by molar-refractivity contribution is 0.281. The van der Waals surface area contributed by atoms with Crippen LogP contribution in [0.25, 0.3) is 0 Å². The first-order valence-electron chi connectivity index (χ1n) is 6.83. The summed E-state index contributed by atoms with van der Waals surface area (Å²) in [5.74, 6) is 0.362.